The molecule has 1 aromatic heterocycles. The zero-order valence-corrected chi connectivity index (χ0v) is 18.2. The molecule has 1 N–H and O–H groups in total. The summed E-state index contributed by atoms with van der Waals surface area (Å²) < 4.78 is 23.7. The van der Waals surface area contributed by atoms with Crippen LogP contribution in [-0.2, 0) is 22.6 Å². The quantitative estimate of drug-likeness (QED) is 0.371. The highest BCUT2D eigenvalue weighted by Gasteiger charge is 2.15. The molecule has 30 heavy (non-hydrogen) atoms. The molecule has 0 aliphatic rings. The number of methoxy groups -OCH3 is 1. The molecule has 0 atom stereocenters. The Morgan fingerprint density at radius 3 is 2.60 bits per heavy atom. The largest absolute Gasteiger partial charge is 0.493 e. The highest BCUT2D eigenvalue weighted by Crippen LogP contribution is 2.28. The summed E-state index contributed by atoms with van der Waals surface area (Å²) in [5, 5.41) is 10.8. The fraction of sp³-hybridized carbons (Fsp3) is 0.571. The Labute approximate surface area is 177 Å². The Kier molecular flexibility index (Phi) is 10.1. The second-order valence-electron chi connectivity index (χ2n) is 6.54. The van der Waals surface area contributed by atoms with Crippen LogP contribution in [0, 0.1) is 0 Å². The minimum absolute atomic E-state index is 0.230. The lowest BCUT2D eigenvalue weighted by Gasteiger charge is -2.16. The summed E-state index contributed by atoms with van der Waals surface area (Å²) in [6, 6.07) is 5.61. The van der Waals surface area contributed by atoms with Crippen LogP contribution >= 0.6 is 0 Å². The number of aromatic nitrogens is 3. The second-order valence-corrected chi connectivity index (χ2v) is 6.54. The zero-order valence-electron chi connectivity index (χ0n) is 18.2. The Hall–Kier alpha value is -2.65. The van der Waals surface area contributed by atoms with E-state index in [4.69, 9.17) is 18.9 Å². The van der Waals surface area contributed by atoms with Gasteiger partial charge in [0.2, 0.25) is 0 Å². The third-order valence-corrected chi connectivity index (χ3v) is 4.25. The molecular formula is C21H32N4O5. The third-order valence-electron chi connectivity index (χ3n) is 4.25. The number of benzene rings is 1. The second kappa shape index (κ2) is 12.8. The monoisotopic (exact) mass is 420 g/mol. The maximum atomic E-state index is 12.4. The van der Waals surface area contributed by atoms with Gasteiger partial charge in [0.15, 0.2) is 23.5 Å². The summed E-state index contributed by atoms with van der Waals surface area (Å²) in [6.45, 7) is 8.29. The van der Waals surface area contributed by atoms with Crippen LogP contribution in [0.3, 0.4) is 0 Å². The maximum absolute atomic E-state index is 12.4. The van der Waals surface area contributed by atoms with E-state index < -0.39 is 6.29 Å². The SMILES string of the molecule is CCCCOc1ccc(CNC(=O)c2cn(CC(OCC)OCC)nn2)cc1OC. The summed E-state index contributed by atoms with van der Waals surface area (Å²) >= 11 is 0. The molecule has 1 heterocycles. The number of nitrogens with one attached hydrogen (secondary N) is 1. The first-order valence-corrected chi connectivity index (χ1v) is 10.3. The normalized spacial score (nSPS) is 11.0. The molecule has 0 unspecified atom stereocenters. The van der Waals surface area contributed by atoms with Gasteiger partial charge in [-0.1, -0.05) is 24.6 Å². The molecule has 2 rings (SSSR count). The van der Waals surface area contributed by atoms with E-state index in [2.05, 4.69) is 22.6 Å². The fourth-order valence-electron chi connectivity index (χ4n) is 2.71. The molecule has 0 aliphatic heterocycles. The predicted octanol–water partition coefficient (Wildman–Crippen LogP) is 2.79. The number of amides is 1. The van der Waals surface area contributed by atoms with Gasteiger partial charge in [0.05, 0.1) is 26.5 Å². The van der Waals surface area contributed by atoms with E-state index in [1.165, 1.54) is 4.68 Å². The molecule has 0 aliphatic carbocycles. The van der Waals surface area contributed by atoms with Gasteiger partial charge in [-0.3, -0.25) is 4.79 Å². The summed E-state index contributed by atoms with van der Waals surface area (Å²) in [5.41, 5.74) is 1.12. The van der Waals surface area contributed by atoms with Crippen LogP contribution in [0.15, 0.2) is 24.4 Å². The molecule has 9 nitrogen and oxygen atoms in total. The van der Waals surface area contributed by atoms with Crippen LogP contribution in [0.2, 0.25) is 0 Å². The molecule has 2 aromatic rings. The van der Waals surface area contributed by atoms with Crippen molar-refractivity contribution in [2.24, 2.45) is 0 Å². The Morgan fingerprint density at radius 2 is 1.93 bits per heavy atom. The van der Waals surface area contributed by atoms with Gasteiger partial charge >= 0.3 is 0 Å². The molecule has 0 saturated heterocycles. The van der Waals surface area contributed by atoms with E-state index in [0.717, 1.165) is 18.4 Å². The van der Waals surface area contributed by atoms with Crippen molar-refractivity contribution in [1.82, 2.24) is 20.3 Å². The predicted molar refractivity (Wildman–Crippen MR) is 112 cm³/mol. The first kappa shape index (κ1) is 23.6. The topological polar surface area (TPSA) is 96.7 Å². The van der Waals surface area contributed by atoms with Crippen molar-refractivity contribution in [3.8, 4) is 11.5 Å². The number of hydrogen-bond acceptors (Lipinski definition) is 7. The molecule has 1 amide bonds. The standard InChI is InChI=1S/C21H32N4O5/c1-5-8-11-30-18-10-9-16(12-19(18)27-4)13-22-21(26)17-14-25(24-23-17)15-20(28-6-2)29-7-3/h9-10,12,14,20H,5-8,11,13,15H2,1-4H3,(H,22,26). The maximum Gasteiger partial charge on any atom is 0.273 e. The molecule has 166 valence electrons. The van der Waals surface area contributed by atoms with Gasteiger partial charge in [0, 0.05) is 19.8 Å². The summed E-state index contributed by atoms with van der Waals surface area (Å²) in [5.74, 6) is 1.02. The lowest BCUT2D eigenvalue weighted by Crippen LogP contribution is -2.24. The minimum atomic E-state index is -0.428. The first-order valence-electron chi connectivity index (χ1n) is 10.3. The van der Waals surface area contributed by atoms with Gasteiger partial charge in [0.1, 0.15) is 0 Å². The number of unbranched alkanes of at least 4 members (excludes halogenated alkanes) is 1. The highest BCUT2D eigenvalue weighted by atomic mass is 16.7. The number of carbonyl (C=O) groups is 1. The summed E-state index contributed by atoms with van der Waals surface area (Å²) in [7, 11) is 1.60. The van der Waals surface area contributed by atoms with Crippen LogP contribution in [0.1, 0.15) is 49.7 Å². The summed E-state index contributed by atoms with van der Waals surface area (Å²) in [4.78, 5) is 12.4. The number of hydrogen-bond donors (Lipinski definition) is 1. The molecular weight excluding hydrogens is 388 g/mol. The smallest absolute Gasteiger partial charge is 0.273 e. The number of nitrogens with zero attached hydrogens (tertiary/aromatic N) is 3. The highest BCUT2D eigenvalue weighted by molar-refractivity contribution is 5.91. The van der Waals surface area contributed by atoms with Crippen molar-refractivity contribution in [2.75, 3.05) is 26.9 Å². The first-order chi connectivity index (χ1) is 14.6. The minimum Gasteiger partial charge on any atom is -0.493 e. The lowest BCUT2D eigenvalue weighted by molar-refractivity contribution is -0.145. The van der Waals surface area contributed by atoms with Crippen LogP contribution in [0.5, 0.6) is 11.5 Å². The van der Waals surface area contributed by atoms with E-state index in [1.807, 2.05) is 32.0 Å². The lowest BCUT2D eigenvalue weighted by atomic mass is 10.2. The molecule has 0 bridgehead atoms. The van der Waals surface area contributed by atoms with Crippen molar-refractivity contribution in [1.29, 1.82) is 0 Å². The molecule has 0 saturated carbocycles. The Bertz CT molecular complexity index is 775. The average molecular weight is 421 g/mol. The molecule has 1 aromatic carbocycles. The van der Waals surface area contributed by atoms with Gasteiger partial charge in [-0.2, -0.15) is 0 Å². The van der Waals surface area contributed by atoms with Crippen LogP contribution in [0.25, 0.3) is 0 Å². The van der Waals surface area contributed by atoms with Crippen molar-refractivity contribution in [2.45, 2.75) is 53.0 Å². The van der Waals surface area contributed by atoms with Crippen molar-refractivity contribution in [3.63, 3.8) is 0 Å². The van der Waals surface area contributed by atoms with Crippen LogP contribution in [-0.4, -0.2) is 54.1 Å². The Morgan fingerprint density at radius 1 is 1.17 bits per heavy atom. The molecule has 0 spiro atoms. The van der Waals surface area contributed by atoms with E-state index >= 15 is 0 Å². The number of rotatable bonds is 14. The Balaban J connectivity index is 1.91. The number of ether oxygens (including phenoxy) is 4. The van der Waals surface area contributed by atoms with Gasteiger partial charge in [-0.15, -0.1) is 5.10 Å². The molecule has 9 heteroatoms. The van der Waals surface area contributed by atoms with Crippen LogP contribution < -0.4 is 14.8 Å². The third kappa shape index (κ3) is 7.31. The van der Waals surface area contributed by atoms with E-state index in [-0.39, 0.29) is 11.6 Å². The molecule has 0 radical (unpaired) electrons. The van der Waals surface area contributed by atoms with Gasteiger partial charge in [0.25, 0.3) is 5.91 Å². The fourth-order valence-corrected chi connectivity index (χ4v) is 2.71. The van der Waals surface area contributed by atoms with Gasteiger partial charge in [-0.25, -0.2) is 4.68 Å². The summed E-state index contributed by atoms with van der Waals surface area (Å²) in [6.07, 6.45) is 3.20. The van der Waals surface area contributed by atoms with Crippen molar-refractivity contribution in [3.05, 3.63) is 35.7 Å². The molecule has 0 fully saturated rings. The average Bonchev–Trinajstić information content (AvgIpc) is 3.21. The van der Waals surface area contributed by atoms with Crippen molar-refractivity contribution >= 4 is 5.91 Å². The van der Waals surface area contributed by atoms with Crippen molar-refractivity contribution < 1.29 is 23.7 Å². The van der Waals surface area contributed by atoms with E-state index in [1.54, 1.807) is 13.3 Å². The number of carbonyl (C=O) groups excluding carboxylic acids is 1. The van der Waals surface area contributed by atoms with E-state index in [9.17, 15) is 4.79 Å². The van der Waals surface area contributed by atoms with Gasteiger partial charge in [-0.05, 0) is 38.0 Å². The van der Waals surface area contributed by atoms with Gasteiger partial charge < -0.3 is 24.3 Å². The zero-order chi connectivity index (χ0) is 21.8. The van der Waals surface area contributed by atoms with E-state index in [0.29, 0.717) is 44.4 Å². The van der Waals surface area contributed by atoms with Crippen LogP contribution in [0.4, 0.5) is 0 Å².